The summed E-state index contributed by atoms with van der Waals surface area (Å²) in [6.07, 6.45) is -0.517. The Hall–Kier alpha value is -0.620. The maximum Gasteiger partial charge on any atom is 0.409 e. The molecule has 1 amide bonds. The minimum Gasteiger partial charge on any atom is -0.453 e. The van der Waals surface area contributed by atoms with Crippen molar-refractivity contribution >= 4 is 27.8 Å². The predicted octanol–water partition coefficient (Wildman–Crippen LogP) is 0.665. The predicted molar refractivity (Wildman–Crippen MR) is 54.7 cm³/mol. The second-order valence-corrected chi connectivity index (χ2v) is 3.12. The second-order valence-electron chi connectivity index (χ2n) is 2.56. The number of halogens is 1. The first kappa shape index (κ1) is 13.4. The summed E-state index contributed by atoms with van der Waals surface area (Å²) in [4.78, 5) is 23.5. The van der Waals surface area contributed by atoms with Crippen molar-refractivity contribution in [2.45, 2.75) is 0 Å². The molecule has 0 rings (SSSR count). The second kappa shape index (κ2) is 7.75. The summed E-state index contributed by atoms with van der Waals surface area (Å²) in [7, 11) is 2.81. The van der Waals surface area contributed by atoms with Gasteiger partial charge in [0.2, 0.25) is 0 Å². The molecule has 0 N–H and O–H groups in total. The van der Waals surface area contributed by atoms with Crippen molar-refractivity contribution in [2.24, 2.45) is 0 Å². The molecule has 0 atom stereocenters. The van der Waals surface area contributed by atoms with E-state index in [0.29, 0.717) is 13.2 Å². The lowest BCUT2D eigenvalue weighted by Gasteiger charge is -2.19. The van der Waals surface area contributed by atoms with Crippen LogP contribution >= 0.6 is 15.9 Å². The highest BCUT2D eigenvalue weighted by atomic mass is 79.9. The van der Waals surface area contributed by atoms with E-state index in [-0.39, 0.29) is 17.7 Å². The summed E-state index contributed by atoms with van der Waals surface area (Å²) in [5, 5.41) is 0.230. The van der Waals surface area contributed by atoms with Crippen LogP contribution in [0.2, 0.25) is 0 Å². The van der Waals surface area contributed by atoms with Gasteiger partial charge in [-0.15, -0.1) is 0 Å². The summed E-state index contributed by atoms with van der Waals surface area (Å²) in [5.41, 5.74) is 0. The van der Waals surface area contributed by atoms with Crippen LogP contribution in [0.25, 0.3) is 0 Å². The number of ether oxygens (including phenoxy) is 2. The highest BCUT2D eigenvalue weighted by molar-refractivity contribution is 9.09. The quantitative estimate of drug-likeness (QED) is 0.664. The number of carbonyl (C=O) groups excluding carboxylic acids is 2. The van der Waals surface area contributed by atoms with E-state index >= 15 is 0 Å². The number of hydrogen-bond acceptors (Lipinski definition) is 4. The molecule has 0 aromatic rings. The van der Waals surface area contributed by atoms with E-state index in [2.05, 4.69) is 20.7 Å². The van der Waals surface area contributed by atoms with Crippen LogP contribution in [0.1, 0.15) is 0 Å². The zero-order chi connectivity index (χ0) is 11.0. The van der Waals surface area contributed by atoms with Crippen LogP contribution < -0.4 is 0 Å². The third-order valence-electron chi connectivity index (χ3n) is 1.51. The number of methoxy groups -OCH3 is 2. The Morgan fingerprint density at radius 2 is 2.00 bits per heavy atom. The van der Waals surface area contributed by atoms with Gasteiger partial charge in [-0.2, -0.15) is 0 Å². The van der Waals surface area contributed by atoms with Crippen LogP contribution in [0.15, 0.2) is 0 Å². The van der Waals surface area contributed by atoms with Gasteiger partial charge in [-0.25, -0.2) is 4.79 Å². The maximum atomic E-state index is 11.1. The zero-order valence-corrected chi connectivity index (χ0v) is 9.87. The third kappa shape index (κ3) is 5.18. The first-order valence-corrected chi connectivity index (χ1v) is 5.17. The van der Waals surface area contributed by atoms with Crippen molar-refractivity contribution in [1.82, 2.24) is 4.90 Å². The van der Waals surface area contributed by atoms with Gasteiger partial charge in [0.05, 0.1) is 25.6 Å². The number of rotatable bonds is 6. The van der Waals surface area contributed by atoms with Gasteiger partial charge < -0.3 is 9.47 Å². The summed E-state index contributed by atoms with van der Waals surface area (Å²) >= 11 is 3.02. The summed E-state index contributed by atoms with van der Waals surface area (Å²) in [5.74, 6) is -0.0773. The molecule has 0 saturated carbocycles. The Morgan fingerprint density at radius 3 is 2.43 bits per heavy atom. The summed E-state index contributed by atoms with van der Waals surface area (Å²) in [6.45, 7) is 0.772. The molecule has 0 spiro atoms. The maximum absolute atomic E-state index is 11.1. The Kier molecular flexibility index (Phi) is 7.41. The molecule has 82 valence electrons. The molecule has 0 heterocycles. The number of carbonyl (C=O) groups is 2. The molecular weight excluding hydrogens is 254 g/mol. The Morgan fingerprint density at radius 1 is 1.36 bits per heavy atom. The lowest BCUT2D eigenvalue weighted by Crippen LogP contribution is -2.38. The first-order valence-electron chi connectivity index (χ1n) is 4.05. The van der Waals surface area contributed by atoms with Crippen molar-refractivity contribution in [1.29, 1.82) is 0 Å². The van der Waals surface area contributed by atoms with Crippen LogP contribution in [0.3, 0.4) is 0 Å². The van der Waals surface area contributed by atoms with Gasteiger partial charge in [-0.05, 0) is 0 Å². The average Bonchev–Trinajstić information content (AvgIpc) is 2.22. The molecule has 0 bridgehead atoms. The fourth-order valence-corrected chi connectivity index (χ4v) is 0.998. The number of amides is 1. The Balaban J connectivity index is 4.09. The van der Waals surface area contributed by atoms with Crippen LogP contribution in [0.4, 0.5) is 4.79 Å². The molecule has 0 saturated heterocycles. The average molecular weight is 268 g/mol. The minimum atomic E-state index is -0.517. The SMILES string of the molecule is COCCN(CC(=O)CBr)C(=O)OC. The molecule has 0 aliphatic rings. The van der Waals surface area contributed by atoms with Crippen molar-refractivity contribution in [3.8, 4) is 0 Å². The van der Waals surface area contributed by atoms with Crippen molar-refractivity contribution in [3.63, 3.8) is 0 Å². The van der Waals surface area contributed by atoms with Crippen LogP contribution in [-0.4, -0.2) is 56.0 Å². The molecule has 14 heavy (non-hydrogen) atoms. The van der Waals surface area contributed by atoms with E-state index in [1.165, 1.54) is 19.1 Å². The van der Waals surface area contributed by atoms with E-state index in [4.69, 9.17) is 4.74 Å². The Labute approximate surface area is 91.5 Å². The topological polar surface area (TPSA) is 55.8 Å². The van der Waals surface area contributed by atoms with Gasteiger partial charge in [0.25, 0.3) is 0 Å². The van der Waals surface area contributed by atoms with Gasteiger partial charge in [0, 0.05) is 13.7 Å². The van der Waals surface area contributed by atoms with E-state index in [9.17, 15) is 9.59 Å². The van der Waals surface area contributed by atoms with E-state index in [0.717, 1.165) is 0 Å². The minimum absolute atomic E-state index is 0.0429. The normalized spacial score (nSPS) is 9.64. The zero-order valence-electron chi connectivity index (χ0n) is 8.29. The molecule has 0 fully saturated rings. The number of ketones is 1. The van der Waals surface area contributed by atoms with Crippen LogP contribution in [0.5, 0.6) is 0 Å². The van der Waals surface area contributed by atoms with Gasteiger partial charge in [-0.3, -0.25) is 9.69 Å². The molecular formula is C8H14BrNO4. The van der Waals surface area contributed by atoms with Crippen LogP contribution in [0, 0.1) is 0 Å². The molecule has 5 nitrogen and oxygen atoms in total. The third-order valence-corrected chi connectivity index (χ3v) is 2.14. The molecule has 0 aliphatic heterocycles. The standard InChI is InChI=1S/C8H14BrNO4/c1-13-4-3-10(8(12)14-2)6-7(11)5-9/h3-6H2,1-2H3. The highest BCUT2D eigenvalue weighted by Gasteiger charge is 2.16. The monoisotopic (exact) mass is 267 g/mol. The molecule has 0 aliphatic carbocycles. The molecule has 0 aromatic heterocycles. The van der Waals surface area contributed by atoms with Crippen molar-refractivity contribution in [3.05, 3.63) is 0 Å². The van der Waals surface area contributed by atoms with E-state index in [1.54, 1.807) is 0 Å². The Bertz CT molecular complexity index is 198. The van der Waals surface area contributed by atoms with Gasteiger partial charge >= 0.3 is 6.09 Å². The van der Waals surface area contributed by atoms with E-state index < -0.39 is 6.09 Å². The number of alkyl halides is 1. The first-order chi connectivity index (χ1) is 6.65. The van der Waals surface area contributed by atoms with Crippen LogP contribution in [-0.2, 0) is 14.3 Å². The lowest BCUT2D eigenvalue weighted by atomic mass is 10.4. The number of Topliss-reactive ketones (excluding diaryl/α,β-unsaturated/α-hetero) is 1. The number of hydrogen-bond donors (Lipinski definition) is 0. The largest absolute Gasteiger partial charge is 0.453 e. The van der Waals surface area contributed by atoms with Crippen molar-refractivity contribution in [2.75, 3.05) is 39.2 Å². The summed E-state index contributed by atoms with van der Waals surface area (Å²) < 4.78 is 9.33. The summed E-state index contributed by atoms with van der Waals surface area (Å²) in [6, 6.07) is 0. The smallest absolute Gasteiger partial charge is 0.409 e. The van der Waals surface area contributed by atoms with Crippen molar-refractivity contribution < 1.29 is 19.1 Å². The molecule has 0 unspecified atom stereocenters. The van der Waals surface area contributed by atoms with Gasteiger partial charge in [0.15, 0.2) is 5.78 Å². The van der Waals surface area contributed by atoms with Gasteiger partial charge in [0.1, 0.15) is 0 Å². The van der Waals surface area contributed by atoms with Gasteiger partial charge in [-0.1, -0.05) is 15.9 Å². The molecule has 0 radical (unpaired) electrons. The fraction of sp³-hybridized carbons (Fsp3) is 0.750. The number of nitrogens with zero attached hydrogens (tertiary/aromatic N) is 1. The molecule has 6 heteroatoms. The fourth-order valence-electron chi connectivity index (χ4n) is 0.821. The highest BCUT2D eigenvalue weighted by Crippen LogP contribution is 1.95. The molecule has 0 aromatic carbocycles. The lowest BCUT2D eigenvalue weighted by molar-refractivity contribution is -0.117. The van der Waals surface area contributed by atoms with E-state index in [1.807, 2.05) is 0 Å².